The molecular formula is C17H33N3O. The lowest BCUT2D eigenvalue weighted by molar-refractivity contribution is -0.123. The molecule has 0 spiro atoms. The second kappa shape index (κ2) is 9.42. The van der Waals surface area contributed by atoms with E-state index in [1.54, 1.807) is 0 Å². The Kier molecular flexibility index (Phi) is 7.51. The number of carbonyl (C=O) groups is 1. The van der Waals surface area contributed by atoms with Crippen molar-refractivity contribution in [3.63, 3.8) is 0 Å². The molecule has 2 aliphatic rings. The lowest BCUT2D eigenvalue weighted by Crippen LogP contribution is -2.45. The van der Waals surface area contributed by atoms with Crippen LogP contribution in [0, 0.1) is 0 Å². The van der Waals surface area contributed by atoms with Crippen LogP contribution in [-0.4, -0.2) is 42.5 Å². The number of carbonyl (C=O) groups excluding carboxylic acids is 1. The number of nitrogens with zero attached hydrogens (tertiary/aromatic N) is 1. The lowest BCUT2D eigenvalue weighted by Gasteiger charge is -2.29. The smallest absolute Gasteiger partial charge is 0.234 e. The van der Waals surface area contributed by atoms with Crippen LogP contribution in [0.5, 0.6) is 0 Å². The fraction of sp³-hybridized carbons (Fsp3) is 0.941. The van der Waals surface area contributed by atoms with Gasteiger partial charge in [0.25, 0.3) is 0 Å². The number of hydrogen-bond acceptors (Lipinski definition) is 3. The molecule has 122 valence electrons. The number of hydrogen-bond donors (Lipinski definition) is 2. The summed E-state index contributed by atoms with van der Waals surface area (Å²) in [6.45, 7) is 2.26. The summed E-state index contributed by atoms with van der Waals surface area (Å²) in [6, 6.07) is 1.02. The summed E-state index contributed by atoms with van der Waals surface area (Å²) in [4.78, 5) is 14.8. The average molecular weight is 295 g/mol. The topological polar surface area (TPSA) is 58.4 Å². The SMILES string of the molecule is NCCCN(CC(=O)NC1CCCCCC1)C1CCCC1. The van der Waals surface area contributed by atoms with Gasteiger partial charge in [0, 0.05) is 18.6 Å². The van der Waals surface area contributed by atoms with E-state index in [9.17, 15) is 4.79 Å². The quantitative estimate of drug-likeness (QED) is 0.709. The van der Waals surface area contributed by atoms with Crippen LogP contribution in [-0.2, 0) is 4.79 Å². The number of amides is 1. The van der Waals surface area contributed by atoms with Gasteiger partial charge in [0.1, 0.15) is 0 Å². The molecule has 0 aliphatic heterocycles. The van der Waals surface area contributed by atoms with E-state index >= 15 is 0 Å². The normalized spacial score (nSPS) is 21.6. The van der Waals surface area contributed by atoms with E-state index in [1.807, 2.05) is 0 Å². The highest BCUT2D eigenvalue weighted by atomic mass is 16.2. The molecule has 0 aromatic rings. The summed E-state index contributed by atoms with van der Waals surface area (Å²) in [5, 5.41) is 3.28. The van der Waals surface area contributed by atoms with Crippen molar-refractivity contribution in [2.75, 3.05) is 19.6 Å². The second-order valence-electron chi connectivity index (χ2n) is 6.81. The first-order chi connectivity index (χ1) is 10.3. The molecule has 2 rings (SSSR count). The van der Waals surface area contributed by atoms with Crippen LogP contribution in [0.4, 0.5) is 0 Å². The van der Waals surface area contributed by atoms with Crippen molar-refractivity contribution in [1.29, 1.82) is 0 Å². The minimum Gasteiger partial charge on any atom is -0.352 e. The Morgan fingerprint density at radius 2 is 1.62 bits per heavy atom. The van der Waals surface area contributed by atoms with Crippen LogP contribution in [0.1, 0.15) is 70.6 Å². The maximum Gasteiger partial charge on any atom is 0.234 e. The van der Waals surface area contributed by atoms with E-state index in [2.05, 4.69) is 10.2 Å². The van der Waals surface area contributed by atoms with Crippen LogP contribution in [0.3, 0.4) is 0 Å². The van der Waals surface area contributed by atoms with Gasteiger partial charge >= 0.3 is 0 Å². The third-order valence-electron chi connectivity index (χ3n) is 5.06. The maximum atomic E-state index is 12.4. The molecule has 4 heteroatoms. The second-order valence-corrected chi connectivity index (χ2v) is 6.81. The number of rotatable bonds is 7. The summed E-state index contributed by atoms with van der Waals surface area (Å²) in [7, 11) is 0. The molecular weight excluding hydrogens is 262 g/mol. The molecule has 0 saturated heterocycles. The van der Waals surface area contributed by atoms with E-state index < -0.39 is 0 Å². The van der Waals surface area contributed by atoms with Gasteiger partial charge < -0.3 is 11.1 Å². The Balaban J connectivity index is 1.78. The van der Waals surface area contributed by atoms with Crippen LogP contribution in [0.25, 0.3) is 0 Å². The number of nitrogens with one attached hydrogen (secondary N) is 1. The van der Waals surface area contributed by atoms with Crippen LogP contribution >= 0.6 is 0 Å². The van der Waals surface area contributed by atoms with Crippen molar-refractivity contribution in [2.45, 2.75) is 82.7 Å². The van der Waals surface area contributed by atoms with Gasteiger partial charge in [-0.25, -0.2) is 0 Å². The Morgan fingerprint density at radius 3 is 2.24 bits per heavy atom. The minimum absolute atomic E-state index is 0.228. The predicted octanol–water partition coefficient (Wildman–Crippen LogP) is 2.42. The Labute approximate surface area is 129 Å². The van der Waals surface area contributed by atoms with Crippen molar-refractivity contribution in [2.24, 2.45) is 5.73 Å². The number of nitrogens with two attached hydrogens (primary N) is 1. The summed E-state index contributed by atoms with van der Waals surface area (Å²) in [5.41, 5.74) is 5.65. The van der Waals surface area contributed by atoms with Crippen molar-refractivity contribution in [3.05, 3.63) is 0 Å². The standard InChI is InChI=1S/C17H33N3O/c18-12-7-13-20(16-10-5-6-11-16)14-17(21)19-15-8-3-1-2-4-9-15/h15-16H,1-14,18H2,(H,19,21). The van der Waals surface area contributed by atoms with Gasteiger partial charge in [0.2, 0.25) is 5.91 Å². The zero-order valence-electron chi connectivity index (χ0n) is 13.5. The van der Waals surface area contributed by atoms with Gasteiger partial charge in [-0.15, -0.1) is 0 Å². The Bertz CT molecular complexity index is 294. The van der Waals surface area contributed by atoms with Gasteiger partial charge in [-0.05, 0) is 38.6 Å². The van der Waals surface area contributed by atoms with Crippen molar-refractivity contribution in [3.8, 4) is 0 Å². The average Bonchev–Trinajstić information content (AvgIpc) is 2.89. The summed E-state index contributed by atoms with van der Waals surface area (Å²) in [6.07, 6.45) is 13.6. The highest BCUT2D eigenvalue weighted by molar-refractivity contribution is 5.78. The Morgan fingerprint density at radius 1 is 1.00 bits per heavy atom. The van der Waals surface area contributed by atoms with Gasteiger partial charge in [0.15, 0.2) is 0 Å². The molecule has 3 N–H and O–H groups in total. The monoisotopic (exact) mass is 295 g/mol. The van der Waals surface area contributed by atoms with Gasteiger partial charge in [-0.2, -0.15) is 0 Å². The molecule has 2 aliphatic carbocycles. The minimum atomic E-state index is 0.228. The fourth-order valence-electron chi connectivity index (χ4n) is 3.84. The van der Waals surface area contributed by atoms with Crippen molar-refractivity contribution >= 4 is 5.91 Å². The van der Waals surface area contributed by atoms with Crippen LogP contribution < -0.4 is 11.1 Å². The third-order valence-corrected chi connectivity index (χ3v) is 5.06. The fourth-order valence-corrected chi connectivity index (χ4v) is 3.84. The van der Waals surface area contributed by atoms with Gasteiger partial charge in [-0.1, -0.05) is 38.5 Å². The lowest BCUT2D eigenvalue weighted by atomic mass is 10.1. The van der Waals surface area contributed by atoms with Crippen LogP contribution in [0.2, 0.25) is 0 Å². The van der Waals surface area contributed by atoms with Gasteiger partial charge in [-0.3, -0.25) is 9.69 Å². The molecule has 0 atom stereocenters. The highest BCUT2D eigenvalue weighted by Gasteiger charge is 2.24. The van der Waals surface area contributed by atoms with E-state index in [0.29, 0.717) is 25.2 Å². The molecule has 4 nitrogen and oxygen atoms in total. The molecule has 0 unspecified atom stereocenters. The maximum absolute atomic E-state index is 12.4. The predicted molar refractivity (Wildman–Crippen MR) is 87.1 cm³/mol. The zero-order chi connectivity index (χ0) is 14.9. The molecule has 0 aromatic heterocycles. The molecule has 21 heavy (non-hydrogen) atoms. The van der Waals surface area contributed by atoms with Gasteiger partial charge in [0.05, 0.1) is 6.54 Å². The Hall–Kier alpha value is -0.610. The van der Waals surface area contributed by atoms with E-state index in [1.165, 1.54) is 51.4 Å². The zero-order valence-corrected chi connectivity index (χ0v) is 13.5. The first-order valence-corrected chi connectivity index (χ1v) is 9.03. The molecule has 0 heterocycles. The molecule has 2 fully saturated rings. The summed E-state index contributed by atoms with van der Waals surface area (Å²) in [5.74, 6) is 0.228. The molecule has 1 amide bonds. The van der Waals surface area contributed by atoms with Crippen LogP contribution in [0.15, 0.2) is 0 Å². The van der Waals surface area contributed by atoms with Crippen molar-refractivity contribution < 1.29 is 4.79 Å². The molecule has 0 bridgehead atoms. The largest absolute Gasteiger partial charge is 0.352 e. The molecule has 0 aromatic carbocycles. The van der Waals surface area contributed by atoms with E-state index in [-0.39, 0.29) is 5.91 Å². The van der Waals surface area contributed by atoms with Crippen molar-refractivity contribution in [1.82, 2.24) is 10.2 Å². The van der Waals surface area contributed by atoms with E-state index in [0.717, 1.165) is 25.8 Å². The first-order valence-electron chi connectivity index (χ1n) is 9.03. The third kappa shape index (κ3) is 5.95. The highest BCUT2D eigenvalue weighted by Crippen LogP contribution is 2.23. The van der Waals surface area contributed by atoms with E-state index in [4.69, 9.17) is 5.73 Å². The summed E-state index contributed by atoms with van der Waals surface area (Å²) >= 11 is 0. The first kappa shape index (κ1) is 16.8. The molecule has 0 radical (unpaired) electrons. The summed E-state index contributed by atoms with van der Waals surface area (Å²) < 4.78 is 0. The molecule has 2 saturated carbocycles.